The predicted molar refractivity (Wildman–Crippen MR) is 68.5 cm³/mol. The molecule has 18 heavy (non-hydrogen) atoms. The summed E-state index contributed by atoms with van der Waals surface area (Å²) < 4.78 is 4.77. The van der Waals surface area contributed by atoms with Gasteiger partial charge in [0.15, 0.2) is 0 Å². The first-order chi connectivity index (χ1) is 8.04. The Labute approximate surface area is 111 Å². The molecule has 1 aromatic rings. The highest BCUT2D eigenvalue weighted by Crippen LogP contribution is 2.18. The number of carbonyl (C=O) groups is 1. The third kappa shape index (κ3) is 4.68. The Kier molecular flexibility index (Phi) is 6.92. The maximum Gasteiger partial charge on any atom is 0.307 e. The summed E-state index contributed by atoms with van der Waals surface area (Å²) in [4.78, 5) is 21.2. The number of benzene rings is 1. The van der Waals surface area contributed by atoms with Crippen LogP contribution in [0.2, 0.25) is 0 Å². The van der Waals surface area contributed by atoms with Crippen LogP contribution in [0.15, 0.2) is 24.3 Å². The fraction of sp³-hybridized carbons (Fsp3) is 0.364. The molecule has 0 aliphatic heterocycles. The smallest absolute Gasteiger partial charge is 0.307 e. The van der Waals surface area contributed by atoms with Crippen LogP contribution in [0.5, 0.6) is 0 Å². The maximum atomic E-state index is 11.2. The largest absolute Gasteiger partial charge is 0.466 e. The van der Waals surface area contributed by atoms with E-state index in [1.807, 2.05) is 0 Å². The number of nitrogens with two attached hydrogens (primary N) is 1. The van der Waals surface area contributed by atoms with Crippen LogP contribution in [0.25, 0.3) is 0 Å². The van der Waals surface area contributed by atoms with Gasteiger partial charge in [-0.15, -0.1) is 12.4 Å². The molecule has 1 aromatic carbocycles. The summed E-state index contributed by atoms with van der Waals surface area (Å²) in [6, 6.07) is 5.31. The molecule has 100 valence electrons. The summed E-state index contributed by atoms with van der Waals surface area (Å²) in [7, 11) is 0. The number of esters is 1. The van der Waals surface area contributed by atoms with E-state index < -0.39 is 11.0 Å². The van der Waals surface area contributed by atoms with Gasteiger partial charge in [0.25, 0.3) is 5.69 Å². The molecule has 0 spiro atoms. The molecular formula is C11H15ClN2O4. The number of nitro benzene ring substituents is 1. The summed E-state index contributed by atoms with van der Waals surface area (Å²) >= 11 is 0. The molecule has 0 fully saturated rings. The minimum Gasteiger partial charge on any atom is -0.466 e. The first-order valence-electron chi connectivity index (χ1n) is 5.20. The Bertz CT molecular complexity index is 408. The van der Waals surface area contributed by atoms with Gasteiger partial charge in [0.05, 0.1) is 18.0 Å². The predicted octanol–water partition coefficient (Wildman–Crippen LogP) is 1.97. The van der Waals surface area contributed by atoms with Gasteiger partial charge in [-0.25, -0.2) is 0 Å². The fourth-order valence-corrected chi connectivity index (χ4v) is 1.36. The van der Waals surface area contributed by atoms with Crippen molar-refractivity contribution in [2.75, 3.05) is 6.61 Å². The SMILES string of the molecule is CCOC(=O)C[C@H](N)c1ccc([N+](=O)[O-])cc1.Cl. The molecule has 0 aliphatic rings. The zero-order valence-corrected chi connectivity index (χ0v) is 10.7. The first kappa shape index (κ1) is 16.3. The highest BCUT2D eigenvalue weighted by Gasteiger charge is 2.13. The van der Waals surface area contributed by atoms with Gasteiger partial charge in [-0.3, -0.25) is 14.9 Å². The van der Waals surface area contributed by atoms with Crippen molar-refractivity contribution in [1.82, 2.24) is 0 Å². The molecule has 0 saturated heterocycles. The van der Waals surface area contributed by atoms with E-state index in [1.165, 1.54) is 12.1 Å². The van der Waals surface area contributed by atoms with Crippen molar-refractivity contribution in [2.45, 2.75) is 19.4 Å². The Balaban J connectivity index is 0.00000289. The van der Waals surface area contributed by atoms with Crippen LogP contribution in [-0.2, 0) is 9.53 Å². The molecule has 2 N–H and O–H groups in total. The molecule has 7 heteroatoms. The summed E-state index contributed by atoms with van der Waals surface area (Å²) in [6.45, 7) is 2.03. The van der Waals surface area contributed by atoms with Crippen LogP contribution in [0.4, 0.5) is 5.69 Å². The average molecular weight is 275 g/mol. The molecule has 0 unspecified atom stereocenters. The van der Waals surface area contributed by atoms with Crippen molar-refractivity contribution in [3.63, 3.8) is 0 Å². The van der Waals surface area contributed by atoms with E-state index in [9.17, 15) is 14.9 Å². The van der Waals surface area contributed by atoms with Gasteiger partial charge in [0.1, 0.15) is 0 Å². The van der Waals surface area contributed by atoms with Crippen molar-refractivity contribution in [2.24, 2.45) is 5.73 Å². The summed E-state index contributed by atoms with van der Waals surface area (Å²) in [6.07, 6.45) is 0.0612. The van der Waals surface area contributed by atoms with Gasteiger partial charge in [-0.2, -0.15) is 0 Å². The number of nitro groups is 1. The minimum atomic E-state index is -0.505. The molecule has 0 saturated carbocycles. The van der Waals surface area contributed by atoms with Gasteiger partial charge in [0, 0.05) is 18.2 Å². The first-order valence-corrected chi connectivity index (χ1v) is 5.20. The van der Waals surface area contributed by atoms with E-state index in [1.54, 1.807) is 19.1 Å². The number of nitrogens with zero attached hydrogens (tertiary/aromatic N) is 1. The van der Waals surface area contributed by atoms with Crippen molar-refractivity contribution < 1.29 is 14.5 Å². The lowest BCUT2D eigenvalue weighted by Crippen LogP contribution is -2.17. The third-order valence-electron chi connectivity index (χ3n) is 2.22. The highest BCUT2D eigenvalue weighted by atomic mass is 35.5. The number of rotatable bonds is 5. The Morgan fingerprint density at radius 2 is 2.00 bits per heavy atom. The van der Waals surface area contributed by atoms with Crippen LogP contribution in [0, 0.1) is 10.1 Å². The molecule has 0 aromatic heterocycles. The summed E-state index contributed by atoms with van der Waals surface area (Å²) in [5.41, 5.74) is 6.45. The molecule has 1 atom stereocenters. The molecule has 1 rings (SSSR count). The number of halogens is 1. The van der Waals surface area contributed by atoms with Gasteiger partial charge < -0.3 is 10.5 Å². The number of non-ortho nitro benzene ring substituents is 1. The third-order valence-corrected chi connectivity index (χ3v) is 2.22. The topological polar surface area (TPSA) is 95.5 Å². The second-order valence-corrected chi connectivity index (χ2v) is 3.46. The number of hydrogen-bond donors (Lipinski definition) is 1. The zero-order chi connectivity index (χ0) is 12.8. The maximum absolute atomic E-state index is 11.2. The monoisotopic (exact) mass is 274 g/mol. The van der Waals surface area contributed by atoms with E-state index in [2.05, 4.69) is 0 Å². The zero-order valence-electron chi connectivity index (χ0n) is 9.87. The Hall–Kier alpha value is -1.66. The van der Waals surface area contributed by atoms with E-state index in [0.29, 0.717) is 12.2 Å². The molecule has 6 nitrogen and oxygen atoms in total. The molecule has 0 heterocycles. The van der Waals surface area contributed by atoms with Gasteiger partial charge in [0.2, 0.25) is 0 Å². The molecular weight excluding hydrogens is 260 g/mol. The number of ether oxygens (including phenoxy) is 1. The molecule has 0 amide bonds. The van der Waals surface area contributed by atoms with Crippen LogP contribution >= 0.6 is 12.4 Å². The average Bonchev–Trinajstić information content (AvgIpc) is 2.29. The normalized spacial score (nSPS) is 11.2. The lowest BCUT2D eigenvalue weighted by Gasteiger charge is -2.10. The quantitative estimate of drug-likeness (QED) is 0.503. The van der Waals surface area contributed by atoms with Crippen molar-refractivity contribution >= 4 is 24.1 Å². The van der Waals surface area contributed by atoms with Crippen LogP contribution < -0.4 is 5.73 Å². The molecule has 0 aliphatic carbocycles. The molecule has 0 bridgehead atoms. The molecule has 0 radical (unpaired) electrons. The highest BCUT2D eigenvalue weighted by molar-refractivity contribution is 5.85. The standard InChI is InChI=1S/C11H14N2O4.ClH/c1-2-17-11(14)7-10(12)8-3-5-9(6-4-8)13(15)16;/h3-6,10H,2,7,12H2,1H3;1H/t10-;/m0./s1. The Morgan fingerprint density at radius 1 is 1.44 bits per heavy atom. The van der Waals surface area contributed by atoms with E-state index in [4.69, 9.17) is 10.5 Å². The Morgan fingerprint density at radius 3 is 2.44 bits per heavy atom. The number of carbonyl (C=O) groups excluding carboxylic acids is 1. The van der Waals surface area contributed by atoms with E-state index >= 15 is 0 Å². The van der Waals surface area contributed by atoms with Crippen molar-refractivity contribution in [3.05, 3.63) is 39.9 Å². The fourth-order valence-electron chi connectivity index (χ4n) is 1.36. The second kappa shape index (κ2) is 7.62. The van der Waals surface area contributed by atoms with Crippen LogP contribution in [-0.4, -0.2) is 17.5 Å². The van der Waals surface area contributed by atoms with E-state index in [-0.39, 0.29) is 30.5 Å². The van der Waals surface area contributed by atoms with Gasteiger partial charge >= 0.3 is 5.97 Å². The summed E-state index contributed by atoms with van der Waals surface area (Å²) in [5.74, 6) is -0.377. The minimum absolute atomic E-state index is 0. The van der Waals surface area contributed by atoms with Gasteiger partial charge in [-0.1, -0.05) is 12.1 Å². The van der Waals surface area contributed by atoms with Crippen LogP contribution in [0.1, 0.15) is 24.9 Å². The van der Waals surface area contributed by atoms with Crippen molar-refractivity contribution in [1.29, 1.82) is 0 Å². The second-order valence-electron chi connectivity index (χ2n) is 3.46. The van der Waals surface area contributed by atoms with Gasteiger partial charge in [-0.05, 0) is 12.5 Å². The summed E-state index contributed by atoms with van der Waals surface area (Å²) in [5, 5.41) is 10.4. The van der Waals surface area contributed by atoms with Crippen molar-refractivity contribution in [3.8, 4) is 0 Å². The van der Waals surface area contributed by atoms with E-state index in [0.717, 1.165) is 0 Å². The lowest BCUT2D eigenvalue weighted by atomic mass is 10.0. The lowest BCUT2D eigenvalue weighted by molar-refractivity contribution is -0.384. The number of hydrogen-bond acceptors (Lipinski definition) is 5. The van der Waals surface area contributed by atoms with Crippen LogP contribution in [0.3, 0.4) is 0 Å².